The van der Waals surface area contributed by atoms with Crippen molar-refractivity contribution in [3.8, 4) is 0 Å². The third-order valence-corrected chi connectivity index (χ3v) is 7.50. The quantitative estimate of drug-likeness (QED) is 0.381. The van der Waals surface area contributed by atoms with Gasteiger partial charge in [0.15, 0.2) is 4.90 Å². The van der Waals surface area contributed by atoms with Crippen molar-refractivity contribution in [2.75, 3.05) is 19.7 Å². The van der Waals surface area contributed by atoms with Crippen molar-refractivity contribution in [1.29, 1.82) is 0 Å². The largest absolute Gasteiger partial charge is 0.593 e. The van der Waals surface area contributed by atoms with Gasteiger partial charge in [0.2, 0.25) is 0 Å². The number of rotatable bonds is 8. The average molecular weight is 384 g/mol. The Balaban J connectivity index is 1.97. The smallest absolute Gasteiger partial charge is 0.310 e. The number of esters is 1. The van der Waals surface area contributed by atoms with E-state index >= 15 is 0 Å². The molecule has 6 heteroatoms. The van der Waals surface area contributed by atoms with Gasteiger partial charge in [-0.15, -0.1) is 16.1 Å². The molecule has 0 amide bonds. The van der Waals surface area contributed by atoms with Gasteiger partial charge in [0, 0.05) is 16.7 Å². The Morgan fingerprint density at radius 2 is 2.00 bits per heavy atom. The molecule has 1 aromatic rings. The van der Waals surface area contributed by atoms with E-state index in [0.29, 0.717) is 18.4 Å². The van der Waals surface area contributed by atoms with Crippen LogP contribution in [0.3, 0.4) is 0 Å². The van der Waals surface area contributed by atoms with E-state index in [1.165, 1.54) is 4.90 Å². The van der Waals surface area contributed by atoms with E-state index in [1.807, 2.05) is 35.1 Å². The summed E-state index contributed by atoms with van der Waals surface area (Å²) in [6.45, 7) is 7.90. The fourth-order valence-electron chi connectivity index (χ4n) is 2.98. The molecule has 0 radical (unpaired) electrons. The van der Waals surface area contributed by atoms with Crippen molar-refractivity contribution in [1.82, 2.24) is 4.31 Å². The highest BCUT2D eigenvalue weighted by Crippen LogP contribution is 2.30. The fraction of sp³-hybridized carbons (Fsp3) is 0.632. The van der Waals surface area contributed by atoms with E-state index in [9.17, 15) is 9.35 Å². The molecule has 2 rings (SSSR count). The van der Waals surface area contributed by atoms with Crippen LogP contribution in [0.1, 0.15) is 46.5 Å². The minimum atomic E-state index is -1.22. The van der Waals surface area contributed by atoms with Crippen LogP contribution in [0.5, 0.6) is 0 Å². The number of carbonyl (C=O) groups excluding carboxylic acids is 1. The predicted octanol–water partition coefficient (Wildman–Crippen LogP) is 4.27. The molecule has 0 N–H and O–H groups in total. The molecule has 0 bridgehead atoms. The second kappa shape index (κ2) is 10.5. The lowest BCUT2D eigenvalue weighted by Gasteiger charge is -2.31. The van der Waals surface area contributed by atoms with E-state index in [2.05, 4.69) is 26.0 Å². The van der Waals surface area contributed by atoms with Crippen molar-refractivity contribution in [2.24, 2.45) is 5.92 Å². The molecule has 0 aliphatic carbocycles. The molecule has 1 aliphatic rings. The van der Waals surface area contributed by atoms with Gasteiger partial charge in [-0.1, -0.05) is 13.8 Å². The number of hydrogen-bond donors (Lipinski definition) is 0. The summed E-state index contributed by atoms with van der Waals surface area (Å²) in [5, 5.41) is 0.628. The second-order valence-electron chi connectivity index (χ2n) is 6.26. The molecule has 1 aromatic carbocycles. The van der Waals surface area contributed by atoms with Crippen molar-refractivity contribution >= 4 is 29.1 Å². The monoisotopic (exact) mass is 383 g/mol. The maximum Gasteiger partial charge on any atom is 0.310 e. The van der Waals surface area contributed by atoms with Crippen LogP contribution in [0.15, 0.2) is 34.1 Å². The summed E-state index contributed by atoms with van der Waals surface area (Å²) >= 11 is 0.661. The Morgan fingerprint density at radius 3 is 2.60 bits per heavy atom. The minimum absolute atomic E-state index is 0.164. The van der Waals surface area contributed by atoms with Crippen LogP contribution < -0.4 is 0 Å². The third-order valence-electron chi connectivity index (χ3n) is 4.48. The Kier molecular flexibility index (Phi) is 8.62. The number of benzene rings is 1. The van der Waals surface area contributed by atoms with Gasteiger partial charge in [-0.3, -0.25) is 4.79 Å². The first-order valence-corrected chi connectivity index (χ1v) is 11.2. The number of hydrogen-bond acceptors (Lipinski definition) is 5. The molecule has 1 heterocycles. The Hall–Kier alpha value is -0.690. The first-order chi connectivity index (χ1) is 12.1. The van der Waals surface area contributed by atoms with Crippen LogP contribution in [-0.4, -0.2) is 39.8 Å². The first kappa shape index (κ1) is 20.6. The lowest BCUT2D eigenvalue weighted by atomic mass is 10.0. The van der Waals surface area contributed by atoms with Crippen LogP contribution in [0.25, 0.3) is 0 Å². The molecule has 4 nitrogen and oxygen atoms in total. The Morgan fingerprint density at radius 1 is 1.32 bits per heavy atom. The Labute approximate surface area is 159 Å². The molecule has 1 fully saturated rings. The maximum atomic E-state index is 12.8. The summed E-state index contributed by atoms with van der Waals surface area (Å²) in [5.74, 6) is -0.330. The molecule has 2 atom stereocenters. The molecular weight excluding hydrogens is 354 g/mol. The van der Waals surface area contributed by atoms with E-state index in [-0.39, 0.29) is 11.9 Å². The van der Waals surface area contributed by atoms with Crippen molar-refractivity contribution in [3.63, 3.8) is 0 Å². The predicted molar refractivity (Wildman–Crippen MR) is 104 cm³/mol. The van der Waals surface area contributed by atoms with Gasteiger partial charge in [0.25, 0.3) is 0 Å². The Bertz CT molecular complexity index is 534. The van der Waals surface area contributed by atoms with Crippen LogP contribution in [0, 0.1) is 5.92 Å². The van der Waals surface area contributed by atoms with Crippen LogP contribution in [0.2, 0.25) is 0 Å². The number of piperidine rings is 1. The van der Waals surface area contributed by atoms with E-state index in [0.717, 1.165) is 37.1 Å². The molecule has 140 valence electrons. The zero-order valence-corrected chi connectivity index (χ0v) is 17.0. The molecule has 0 spiro atoms. The van der Waals surface area contributed by atoms with Gasteiger partial charge >= 0.3 is 5.97 Å². The zero-order valence-electron chi connectivity index (χ0n) is 15.4. The minimum Gasteiger partial charge on any atom is -0.593 e. The SMILES string of the molecule is CCOC(=O)[C@@H]1CCCN([S+]([O-])c2ccc(SC(CC)CC)cc2)C1. The molecular formula is C19H29NO3S2. The summed E-state index contributed by atoms with van der Waals surface area (Å²) < 4.78 is 19.9. The standard InChI is InChI=1S/C19H29NO3S2/c1-4-16(5-2)24-17-9-11-18(12-10-17)25(22)20-13-7-8-15(14-20)19(21)23-6-3/h9-12,15-16H,4-8,13-14H2,1-3H3/t15-,25?/m1/s1. The van der Waals surface area contributed by atoms with E-state index < -0.39 is 11.4 Å². The fourth-order valence-corrected chi connectivity index (χ4v) is 5.27. The van der Waals surface area contributed by atoms with Gasteiger partial charge < -0.3 is 9.29 Å². The van der Waals surface area contributed by atoms with Gasteiger partial charge in [-0.25, -0.2) is 0 Å². The zero-order chi connectivity index (χ0) is 18.2. The van der Waals surface area contributed by atoms with Gasteiger partial charge in [0.05, 0.1) is 30.4 Å². The number of ether oxygens (including phenoxy) is 1. The summed E-state index contributed by atoms with van der Waals surface area (Å²) in [5.41, 5.74) is 0. The van der Waals surface area contributed by atoms with Crippen LogP contribution in [-0.2, 0) is 20.9 Å². The molecule has 0 saturated carbocycles. The number of thioether (sulfide) groups is 1. The second-order valence-corrected chi connectivity index (χ2v) is 9.12. The summed E-state index contributed by atoms with van der Waals surface area (Å²) in [6, 6.07) is 8.02. The lowest BCUT2D eigenvalue weighted by molar-refractivity contribution is -0.149. The van der Waals surface area contributed by atoms with Gasteiger partial charge in [-0.05, 0) is 56.9 Å². The van der Waals surface area contributed by atoms with Crippen LogP contribution in [0.4, 0.5) is 0 Å². The molecule has 0 aromatic heterocycles. The van der Waals surface area contributed by atoms with E-state index in [4.69, 9.17) is 4.74 Å². The topological polar surface area (TPSA) is 52.6 Å². The molecule has 1 saturated heterocycles. The molecule has 1 aliphatic heterocycles. The number of carbonyl (C=O) groups is 1. The van der Waals surface area contributed by atoms with Gasteiger partial charge in [-0.2, -0.15) is 0 Å². The summed E-state index contributed by atoms with van der Waals surface area (Å²) in [7, 11) is 0. The van der Waals surface area contributed by atoms with Crippen molar-refractivity contribution < 1.29 is 14.1 Å². The maximum absolute atomic E-state index is 12.8. The molecule has 25 heavy (non-hydrogen) atoms. The highest BCUT2D eigenvalue weighted by molar-refractivity contribution is 8.00. The molecule has 1 unspecified atom stereocenters. The van der Waals surface area contributed by atoms with Crippen molar-refractivity contribution in [2.45, 2.75) is 61.5 Å². The highest BCUT2D eigenvalue weighted by atomic mass is 32.2. The average Bonchev–Trinajstić information content (AvgIpc) is 2.66. The van der Waals surface area contributed by atoms with E-state index in [1.54, 1.807) is 0 Å². The van der Waals surface area contributed by atoms with Crippen LogP contribution >= 0.6 is 11.8 Å². The first-order valence-electron chi connectivity index (χ1n) is 9.19. The summed E-state index contributed by atoms with van der Waals surface area (Å²) in [4.78, 5) is 14.0. The summed E-state index contributed by atoms with van der Waals surface area (Å²) in [6.07, 6.45) is 3.99. The van der Waals surface area contributed by atoms with Gasteiger partial charge in [0.1, 0.15) is 0 Å². The van der Waals surface area contributed by atoms with Crippen molar-refractivity contribution in [3.05, 3.63) is 24.3 Å². The number of nitrogens with zero attached hydrogens (tertiary/aromatic N) is 1. The third kappa shape index (κ3) is 5.91. The highest BCUT2D eigenvalue weighted by Gasteiger charge is 2.33. The lowest BCUT2D eigenvalue weighted by Crippen LogP contribution is -2.42. The normalized spacial score (nSPS) is 19.8.